The van der Waals surface area contributed by atoms with E-state index in [0.29, 0.717) is 6.79 Å². The van der Waals surface area contributed by atoms with Crippen molar-refractivity contribution in [1.29, 1.82) is 0 Å². The summed E-state index contributed by atoms with van der Waals surface area (Å²) in [6, 6.07) is 0. The molecule has 2 aliphatic heterocycles. The monoisotopic (exact) mass is 366 g/mol. The highest BCUT2D eigenvalue weighted by Gasteiger charge is 2.35. The van der Waals surface area contributed by atoms with Crippen molar-refractivity contribution in [2.75, 3.05) is 13.4 Å². The zero-order chi connectivity index (χ0) is 20.6. The van der Waals surface area contributed by atoms with Gasteiger partial charge in [-0.2, -0.15) is 0 Å². The van der Waals surface area contributed by atoms with Gasteiger partial charge in [0.15, 0.2) is 0 Å². The first kappa shape index (κ1) is 22.9. The molecular formula is C23H42O3. The van der Waals surface area contributed by atoms with Crippen LogP contribution in [0.2, 0.25) is 0 Å². The molecule has 0 N–H and O–H groups in total. The average Bonchev–Trinajstić information content (AvgIpc) is 3.06. The van der Waals surface area contributed by atoms with Gasteiger partial charge < -0.3 is 14.2 Å². The molecule has 2 heterocycles. The minimum atomic E-state index is 0.0408. The molecule has 0 aromatic heterocycles. The van der Waals surface area contributed by atoms with Gasteiger partial charge in [0.1, 0.15) is 17.3 Å². The van der Waals surface area contributed by atoms with E-state index in [4.69, 9.17) is 14.2 Å². The van der Waals surface area contributed by atoms with Crippen molar-refractivity contribution in [2.45, 2.75) is 89.5 Å². The van der Waals surface area contributed by atoms with Crippen molar-refractivity contribution in [2.24, 2.45) is 21.7 Å². The second-order valence-electron chi connectivity index (χ2n) is 11.5. The predicted molar refractivity (Wildman–Crippen MR) is 109 cm³/mol. The zero-order valence-electron chi connectivity index (χ0n) is 19.3. The van der Waals surface area contributed by atoms with Crippen LogP contribution in [0.3, 0.4) is 0 Å². The Bertz CT molecular complexity index is 452. The van der Waals surface area contributed by atoms with Crippen molar-refractivity contribution in [3.05, 3.63) is 22.9 Å². The van der Waals surface area contributed by atoms with Gasteiger partial charge in [-0.15, -0.1) is 0 Å². The molecule has 0 atom stereocenters. The van der Waals surface area contributed by atoms with E-state index >= 15 is 0 Å². The van der Waals surface area contributed by atoms with Gasteiger partial charge in [0.25, 0.3) is 0 Å². The lowest BCUT2D eigenvalue weighted by atomic mass is 9.79. The molecule has 0 fully saturated rings. The van der Waals surface area contributed by atoms with Crippen molar-refractivity contribution < 1.29 is 14.2 Å². The molecule has 152 valence electrons. The Kier molecular flexibility index (Phi) is 6.59. The highest BCUT2D eigenvalue weighted by Crippen LogP contribution is 2.42. The van der Waals surface area contributed by atoms with Crippen molar-refractivity contribution in [1.82, 2.24) is 0 Å². The van der Waals surface area contributed by atoms with Crippen LogP contribution in [0.1, 0.15) is 89.5 Å². The molecule has 0 aliphatic carbocycles. The van der Waals surface area contributed by atoms with Gasteiger partial charge in [-0.3, -0.25) is 0 Å². The van der Waals surface area contributed by atoms with Crippen molar-refractivity contribution >= 4 is 0 Å². The van der Waals surface area contributed by atoms with Crippen LogP contribution in [0.15, 0.2) is 22.9 Å². The number of rotatable bonds is 0. The highest BCUT2D eigenvalue weighted by atomic mass is 16.7. The first-order valence-corrected chi connectivity index (χ1v) is 9.83. The van der Waals surface area contributed by atoms with E-state index in [2.05, 4.69) is 83.1 Å². The summed E-state index contributed by atoms with van der Waals surface area (Å²) in [4.78, 5) is 0. The van der Waals surface area contributed by atoms with Gasteiger partial charge >= 0.3 is 0 Å². The molecule has 26 heavy (non-hydrogen) atoms. The van der Waals surface area contributed by atoms with E-state index in [1.807, 2.05) is 0 Å². The summed E-state index contributed by atoms with van der Waals surface area (Å²) in [6.07, 6.45) is 1.11. The van der Waals surface area contributed by atoms with E-state index in [1.165, 1.54) is 11.3 Å². The fourth-order valence-corrected chi connectivity index (χ4v) is 3.23. The first-order chi connectivity index (χ1) is 11.5. The third-order valence-electron chi connectivity index (χ3n) is 4.43. The SMILES string of the molecule is CC(C)(C)C1=C(C(C)(C)C)OCC1.CC(C)(C)C1=C(C(C)(C)C)OCO1. The summed E-state index contributed by atoms with van der Waals surface area (Å²) in [6.45, 7) is 27.6. The number of ether oxygens (including phenoxy) is 3. The summed E-state index contributed by atoms with van der Waals surface area (Å²) < 4.78 is 16.8. The van der Waals surface area contributed by atoms with Gasteiger partial charge in [-0.25, -0.2) is 0 Å². The summed E-state index contributed by atoms with van der Waals surface area (Å²) in [5.41, 5.74) is 2.01. The summed E-state index contributed by atoms with van der Waals surface area (Å²) in [5, 5.41) is 0. The minimum absolute atomic E-state index is 0.0408. The summed E-state index contributed by atoms with van der Waals surface area (Å²) in [5.74, 6) is 3.22. The van der Waals surface area contributed by atoms with E-state index in [1.54, 1.807) is 0 Å². The summed E-state index contributed by atoms with van der Waals surface area (Å²) in [7, 11) is 0. The maximum atomic E-state index is 5.74. The van der Waals surface area contributed by atoms with Crippen LogP contribution in [0.5, 0.6) is 0 Å². The van der Waals surface area contributed by atoms with Crippen LogP contribution in [0.25, 0.3) is 0 Å². The van der Waals surface area contributed by atoms with E-state index in [0.717, 1.165) is 24.5 Å². The van der Waals surface area contributed by atoms with Crippen LogP contribution in [-0.2, 0) is 14.2 Å². The number of hydrogen-bond acceptors (Lipinski definition) is 3. The molecule has 0 saturated carbocycles. The molecular weight excluding hydrogens is 324 g/mol. The molecule has 3 heteroatoms. The Morgan fingerprint density at radius 1 is 0.500 bits per heavy atom. The van der Waals surface area contributed by atoms with Gasteiger partial charge in [0.05, 0.1) is 6.61 Å². The largest absolute Gasteiger partial charge is 0.497 e. The maximum Gasteiger partial charge on any atom is 0.230 e. The third kappa shape index (κ3) is 5.96. The standard InChI is InChI=1S/C12H22O.C11H20O2/c1-11(2,3)9-7-8-13-10(9)12(4,5)6;1-10(2,3)8-9(11(4,5)6)13-7-12-8/h7-8H2,1-6H3;7H2,1-6H3. The fraction of sp³-hybridized carbons (Fsp3) is 0.826. The Labute approximate surface area is 162 Å². The molecule has 0 radical (unpaired) electrons. The molecule has 0 unspecified atom stereocenters. The van der Waals surface area contributed by atoms with Gasteiger partial charge in [0, 0.05) is 22.7 Å². The Balaban J connectivity index is 0.000000260. The zero-order valence-corrected chi connectivity index (χ0v) is 19.3. The highest BCUT2D eigenvalue weighted by molar-refractivity contribution is 5.23. The molecule has 3 nitrogen and oxygen atoms in total. The lowest BCUT2D eigenvalue weighted by Crippen LogP contribution is -2.17. The lowest BCUT2D eigenvalue weighted by molar-refractivity contribution is 0.0458. The predicted octanol–water partition coefficient (Wildman–Crippen LogP) is 7.05. The second-order valence-corrected chi connectivity index (χ2v) is 11.5. The van der Waals surface area contributed by atoms with Crippen LogP contribution >= 0.6 is 0 Å². The van der Waals surface area contributed by atoms with Gasteiger partial charge in [-0.1, -0.05) is 83.1 Å². The average molecular weight is 367 g/mol. The third-order valence-corrected chi connectivity index (χ3v) is 4.43. The molecule has 0 amide bonds. The fourth-order valence-electron chi connectivity index (χ4n) is 3.23. The Morgan fingerprint density at radius 2 is 0.885 bits per heavy atom. The van der Waals surface area contributed by atoms with Crippen LogP contribution in [0, 0.1) is 21.7 Å². The molecule has 2 rings (SSSR count). The minimum Gasteiger partial charge on any atom is -0.497 e. The summed E-state index contributed by atoms with van der Waals surface area (Å²) >= 11 is 0. The molecule has 0 bridgehead atoms. The van der Waals surface area contributed by atoms with Gasteiger partial charge in [0.2, 0.25) is 6.79 Å². The molecule has 0 aromatic carbocycles. The smallest absolute Gasteiger partial charge is 0.230 e. The van der Waals surface area contributed by atoms with E-state index in [-0.39, 0.29) is 21.7 Å². The van der Waals surface area contributed by atoms with Crippen LogP contribution < -0.4 is 0 Å². The van der Waals surface area contributed by atoms with Crippen molar-refractivity contribution in [3.63, 3.8) is 0 Å². The molecule has 0 spiro atoms. The quantitative estimate of drug-likeness (QED) is 0.460. The van der Waals surface area contributed by atoms with Crippen LogP contribution in [-0.4, -0.2) is 13.4 Å². The maximum absolute atomic E-state index is 5.74. The molecule has 0 saturated heterocycles. The van der Waals surface area contributed by atoms with E-state index in [9.17, 15) is 0 Å². The first-order valence-electron chi connectivity index (χ1n) is 9.83. The molecule has 0 aromatic rings. The van der Waals surface area contributed by atoms with E-state index < -0.39 is 0 Å². The second kappa shape index (κ2) is 7.48. The molecule has 2 aliphatic rings. The Morgan fingerprint density at radius 3 is 1.15 bits per heavy atom. The number of hydrogen-bond donors (Lipinski definition) is 0. The lowest BCUT2D eigenvalue weighted by Gasteiger charge is -2.27. The van der Waals surface area contributed by atoms with Crippen molar-refractivity contribution in [3.8, 4) is 0 Å². The number of allylic oxidation sites excluding steroid dienone is 3. The Hall–Kier alpha value is -1.12. The van der Waals surface area contributed by atoms with Gasteiger partial charge in [-0.05, 0) is 11.0 Å². The van der Waals surface area contributed by atoms with Crippen LogP contribution in [0.4, 0.5) is 0 Å². The topological polar surface area (TPSA) is 27.7 Å². The normalized spacial score (nSPS) is 18.9.